The molecule has 1 N–H and O–H groups in total. The average Bonchev–Trinajstić information content (AvgIpc) is 2.82. The van der Waals surface area contributed by atoms with E-state index in [1.807, 2.05) is 5.32 Å². The van der Waals surface area contributed by atoms with Crippen molar-refractivity contribution in [2.24, 2.45) is 0 Å². The van der Waals surface area contributed by atoms with Crippen LogP contribution in [0.25, 0.3) is 0 Å². The van der Waals surface area contributed by atoms with Crippen LogP contribution < -0.4 is 5.32 Å². The lowest BCUT2D eigenvalue weighted by Gasteiger charge is -2.05. The number of hydrogen-bond donors (Lipinski definition) is 1. The quantitative estimate of drug-likeness (QED) is 0.523. The number of nitrogens with one attached hydrogen (secondary N) is 1. The molecule has 0 aliphatic heterocycles. The minimum atomic E-state index is -1.73. The summed E-state index contributed by atoms with van der Waals surface area (Å²) in [6.07, 6.45) is 0. The van der Waals surface area contributed by atoms with Crippen molar-refractivity contribution in [1.29, 1.82) is 0 Å². The second kappa shape index (κ2) is 5.70. The molecule has 1 aromatic carbocycles. The van der Waals surface area contributed by atoms with Crippen LogP contribution in [-0.4, -0.2) is 10.8 Å². The maximum Gasteiger partial charge on any atom is 0.299 e. The predicted octanol–water partition coefficient (Wildman–Crippen LogP) is 3.98. The second-order valence-corrected chi connectivity index (χ2v) is 5.36. The van der Waals surface area contributed by atoms with E-state index in [4.69, 9.17) is 11.6 Å². The third-order valence-corrected chi connectivity index (χ3v) is 3.71. The lowest BCUT2D eigenvalue weighted by Crippen LogP contribution is -2.12. The Kier molecular flexibility index (Phi) is 4.14. The Hall–Kier alpha value is -2.13. The molecule has 21 heavy (non-hydrogen) atoms. The van der Waals surface area contributed by atoms with Crippen molar-refractivity contribution in [2.75, 3.05) is 5.32 Å². The van der Waals surface area contributed by atoms with Gasteiger partial charge in [-0.3, -0.25) is 14.9 Å². The number of amides is 1. The van der Waals surface area contributed by atoms with Gasteiger partial charge in [-0.2, -0.15) is 0 Å². The van der Waals surface area contributed by atoms with Crippen molar-refractivity contribution in [3.63, 3.8) is 0 Å². The minimum absolute atomic E-state index is 0.171. The summed E-state index contributed by atoms with van der Waals surface area (Å²) in [6, 6.07) is 2.37. The predicted molar refractivity (Wildman–Crippen MR) is 70.3 cm³/mol. The third-order valence-electron chi connectivity index (χ3n) is 2.37. The molecule has 0 spiro atoms. The Balaban J connectivity index is 2.28. The molecule has 0 bridgehead atoms. The summed E-state index contributed by atoms with van der Waals surface area (Å²) in [6.45, 7) is 0. The first-order chi connectivity index (χ1) is 9.81. The Bertz CT molecular complexity index is 751. The third kappa shape index (κ3) is 2.98. The van der Waals surface area contributed by atoms with E-state index in [9.17, 15) is 28.1 Å². The number of hydrogen-bond acceptors (Lipinski definition) is 4. The fourth-order valence-corrected chi connectivity index (χ4v) is 2.52. The van der Waals surface area contributed by atoms with Gasteiger partial charge in [0.05, 0.1) is 10.6 Å². The summed E-state index contributed by atoms with van der Waals surface area (Å²) < 4.78 is 38.9. The highest BCUT2D eigenvalue weighted by molar-refractivity contribution is 7.18. The Morgan fingerprint density at radius 3 is 2.52 bits per heavy atom. The van der Waals surface area contributed by atoms with Crippen molar-refractivity contribution >= 4 is 40.2 Å². The SMILES string of the molecule is O=C(Nc1ccc(F)c(F)c1F)c1cc([N+](=O)[O-])c(Cl)s1. The van der Waals surface area contributed by atoms with Crippen molar-refractivity contribution in [3.8, 4) is 0 Å². The van der Waals surface area contributed by atoms with Crippen LogP contribution in [0.1, 0.15) is 9.67 Å². The van der Waals surface area contributed by atoms with Crippen LogP contribution >= 0.6 is 22.9 Å². The first-order valence-corrected chi connectivity index (χ1v) is 6.39. The van der Waals surface area contributed by atoms with E-state index in [0.29, 0.717) is 17.4 Å². The molecule has 1 amide bonds. The summed E-state index contributed by atoms with van der Waals surface area (Å²) >= 11 is 6.18. The fourth-order valence-electron chi connectivity index (χ4n) is 1.40. The van der Waals surface area contributed by atoms with E-state index in [0.717, 1.165) is 12.1 Å². The molecule has 0 aliphatic carbocycles. The molecule has 1 aromatic heterocycles. The van der Waals surface area contributed by atoms with Crippen molar-refractivity contribution < 1.29 is 22.9 Å². The average molecular weight is 337 g/mol. The first-order valence-electron chi connectivity index (χ1n) is 5.20. The van der Waals surface area contributed by atoms with Gasteiger partial charge in [-0.15, -0.1) is 11.3 Å². The molecule has 0 radical (unpaired) electrons. The van der Waals surface area contributed by atoms with Crippen LogP contribution in [0.2, 0.25) is 4.34 Å². The fraction of sp³-hybridized carbons (Fsp3) is 0. The van der Waals surface area contributed by atoms with Gasteiger partial charge in [0.2, 0.25) is 0 Å². The maximum atomic E-state index is 13.4. The Morgan fingerprint density at radius 2 is 1.95 bits per heavy atom. The van der Waals surface area contributed by atoms with Gasteiger partial charge in [0.1, 0.15) is 4.88 Å². The largest absolute Gasteiger partial charge is 0.319 e. The Labute approximate surface area is 124 Å². The van der Waals surface area contributed by atoms with Crippen molar-refractivity contribution in [1.82, 2.24) is 0 Å². The van der Waals surface area contributed by atoms with Gasteiger partial charge < -0.3 is 5.32 Å². The van der Waals surface area contributed by atoms with Crippen LogP contribution in [-0.2, 0) is 0 Å². The summed E-state index contributed by atoms with van der Waals surface area (Å²) in [5.41, 5.74) is -1.07. The van der Waals surface area contributed by atoms with Crippen LogP contribution in [0.15, 0.2) is 18.2 Å². The zero-order chi connectivity index (χ0) is 15.7. The highest BCUT2D eigenvalue weighted by Gasteiger charge is 2.22. The number of nitro groups is 1. The van der Waals surface area contributed by atoms with E-state index in [-0.39, 0.29) is 9.21 Å². The highest BCUT2D eigenvalue weighted by Crippen LogP contribution is 2.34. The number of carbonyl (C=O) groups is 1. The smallest absolute Gasteiger partial charge is 0.299 e. The van der Waals surface area contributed by atoms with Gasteiger partial charge in [0, 0.05) is 6.07 Å². The normalized spacial score (nSPS) is 10.5. The highest BCUT2D eigenvalue weighted by atomic mass is 35.5. The summed E-state index contributed by atoms with van der Waals surface area (Å²) in [7, 11) is 0. The Morgan fingerprint density at radius 1 is 1.29 bits per heavy atom. The van der Waals surface area contributed by atoms with Gasteiger partial charge in [0.15, 0.2) is 21.8 Å². The monoisotopic (exact) mass is 336 g/mol. The number of rotatable bonds is 3. The number of thiophene rings is 1. The lowest BCUT2D eigenvalue weighted by molar-refractivity contribution is -0.384. The topological polar surface area (TPSA) is 72.2 Å². The lowest BCUT2D eigenvalue weighted by atomic mass is 10.2. The molecule has 10 heteroatoms. The van der Waals surface area contributed by atoms with Crippen molar-refractivity contribution in [3.05, 3.63) is 55.0 Å². The van der Waals surface area contributed by atoms with E-state index >= 15 is 0 Å². The van der Waals surface area contributed by atoms with Gasteiger partial charge in [-0.25, -0.2) is 13.2 Å². The van der Waals surface area contributed by atoms with Crippen LogP contribution in [0.3, 0.4) is 0 Å². The van der Waals surface area contributed by atoms with E-state index in [1.54, 1.807) is 0 Å². The molecule has 0 aliphatic rings. The molecule has 2 aromatic rings. The van der Waals surface area contributed by atoms with E-state index in [2.05, 4.69) is 0 Å². The van der Waals surface area contributed by atoms with Gasteiger partial charge in [-0.05, 0) is 12.1 Å². The van der Waals surface area contributed by atoms with Crippen LogP contribution in [0.5, 0.6) is 0 Å². The first kappa shape index (κ1) is 15.3. The number of benzene rings is 1. The van der Waals surface area contributed by atoms with Gasteiger partial charge >= 0.3 is 0 Å². The number of halogens is 4. The van der Waals surface area contributed by atoms with E-state index in [1.165, 1.54) is 0 Å². The molecular formula is C11H4ClF3N2O3S. The van der Waals surface area contributed by atoms with Crippen molar-refractivity contribution in [2.45, 2.75) is 0 Å². The van der Waals surface area contributed by atoms with Gasteiger partial charge in [0.25, 0.3) is 11.6 Å². The second-order valence-electron chi connectivity index (χ2n) is 3.70. The zero-order valence-corrected chi connectivity index (χ0v) is 11.4. The molecule has 2 rings (SSSR count). The minimum Gasteiger partial charge on any atom is -0.319 e. The molecule has 110 valence electrons. The van der Waals surface area contributed by atoms with Gasteiger partial charge in [-0.1, -0.05) is 11.6 Å². The molecule has 0 fully saturated rings. The standard InChI is InChI=1S/C11H4ClF3N2O3S/c12-10-6(17(19)20)3-7(21-10)11(18)16-5-2-1-4(13)8(14)9(5)15/h1-3H,(H,16,18). The molecular weight excluding hydrogens is 333 g/mol. The number of anilines is 1. The molecule has 0 saturated heterocycles. The molecule has 5 nitrogen and oxygen atoms in total. The maximum absolute atomic E-state index is 13.4. The van der Waals surface area contributed by atoms with Crippen LogP contribution in [0, 0.1) is 27.6 Å². The molecule has 1 heterocycles. The zero-order valence-electron chi connectivity index (χ0n) is 9.82. The van der Waals surface area contributed by atoms with E-state index < -0.39 is 39.7 Å². The molecule has 0 atom stereocenters. The number of carbonyl (C=O) groups excluding carboxylic acids is 1. The molecule has 0 unspecified atom stereocenters. The summed E-state index contributed by atoms with van der Waals surface area (Å²) in [4.78, 5) is 21.4. The van der Waals surface area contributed by atoms with Crippen LogP contribution in [0.4, 0.5) is 24.5 Å². The molecule has 0 saturated carbocycles. The number of nitrogens with zero attached hydrogens (tertiary/aromatic N) is 1. The summed E-state index contributed by atoms with van der Waals surface area (Å²) in [5, 5.41) is 12.6. The summed E-state index contributed by atoms with van der Waals surface area (Å²) in [5.74, 6) is -5.64.